The second kappa shape index (κ2) is 16.2. The number of nitrogens with zero attached hydrogens (tertiary/aromatic N) is 1. The SMILES string of the molecule is C=O.CCN(CC)CC.[MgH2]. The fraction of sp³-hybridized carbons (Fsp3) is 0.857. The van der Waals surface area contributed by atoms with Crippen molar-refractivity contribution in [3.8, 4) is 0 Å². The summed E-state index contributed by atoms with van der Waals surface area (Å²) in [5.74, 6) is 0. The maximum absolute atomic E-state index is 8.00. The summed E-state index contributed by atoms with van der Waals surface area (Å²) >= 11 is 0. The molecule has 0 heterocycles. The highest BCUT2D eigenvalue weighted by atomic mass is 24.3. The molecule has 0 aliphatic heterocycles. The Morgan fingerprint density at radius 1 is 1.00 bits per heavy atom. The zero-order valence-corrected chi connectivity index (χ0v) is 6.68. The monoisotopic (exact) mass is 157 g/mol. The summed E-state index contributed by atoms with van der Waals surface area (Å²) in [5, 5.41) is 0. The van der Waals surface area contributed by atoms with Crippen LogP contribution in [0.3, 0.4) is 0 Å². The predicted octanol–water partition coefficient (Wildman–Crippen LogP) is 0.247. The van der Waals surface area contributed by atoms with Crippen LogP contribution in [0.5, 0.6) is 0 Å². The van der Waals surface area contributed by atoms with E-state index in [0.717, 1.165) is 0 Å². The zero-order chi connectivity index (χ0) is 7.70. The predicted molar refractivity (Wildman–Crippen MR) is 49.1 cm³/mol. The summed E-state index contributed by atoms with van der Waals surface area (Å²) < 4.78 is 0. The molecule has 0 saturated heterocycles. The Labute approximate surface area is 80.1 Å². The van der Waals surface area contributed by atoms with Crippen LogP contribution in [-0.2, 0) is 4.79 Å². The largest absolute Gasteiger partial charge is 0.316 e. The molecule has 0 aromatic heterocycles. The lowest BCUT2D eigenvalue weighted by Crippen LogP contribution is -2.21. The molecular weight excluding hydrogens is 138 g/mol. The van der Waals surface area contributed by atoms with E-state index in [1.165, 1.54) is 19.6 Å². The first kappa shape index (κ1) is 16.8. The number of hydrogen-bond donors (Lipinski definition) is 0. The molecule has 60 valence electrons. The first-order valence-electron chi connectivity index (χ1n) is 3.36. The summed E-state index contributed by atoms with van der Waals surface area (Å²) in [6.45, 7) is 12.1. The molecule has 0 amide bonds. The van der Waals surface area contributed by atoms with Gasteiger partial charge < -0.3 is 9.69 Å². The molecule has 0 aliphatic rings. The molecule has 0 aliphatic carbocycles. The van der Waals surface area contributed by atoms with E-state index in [0.29, 0.717) is 0 Å². The van der Waals surface area contributed by atoms with Gasteiger partial charge in [0.1, 0.15) is 6.79 Å². The van der Waals surface area contributed by atoms with Gasteiger partial charge in [-0.1, -0.05) is 20.8 Å². The second-order valence-electron chi connectivity index (χ2n) is 1.62. The first-order chi connectivity index (χ1) is 4.35. The van der Waals surface area contributed by atoms with Crippen LogP contribution in [0.1, 0.15) is 20.8 Å². The Kier molecular flexibility index (Phi) is 27.2. The molecule has 10 heavy (non-hydrogen) atoms. The Balaban J connectivity index is -0.000000149. The van der Waals surface area contributed by atoms with Gasteiger partial charge in [0.15, 0.2) is 0 Å². The second-order valence-corrected chi connectivity index (χ2v) is 1.62. The molecular formula is C7H19MgNO. The highest BCUT2D eigenvalue weighted by molar-refractivity contribution is 5.75. The Hall–Kier alpha value is 0.396. The fourth-order valence-electron chi connectivity index (χ4n) is 0.671. The zero-order valence-electron chi connectivity index (χ0n) is 6.68. The lowest BCUT2D eigenvalue weighted by Gasteiger charge is -2.13. The molecule has 0 fully saturated rings. The molecule has 0 bridgehead atoms. The van der Waals surface area contributed by atoms with Crippen LogP contribution in [0, 0.1) is 0 Å². The smallest absolute Gasteiger partial charge is 0.307 e. The molecule has 0 rings (SSSR count). The third-order valence-electron chi connectivity index (χ3n) is 1.34. The van der Waals surface area contributed by atoms with Crippen LogP contribution >= 0.6 is 0 Å². The fourth-order valence-corrected chi connectivity index (χ4v) is 0.671. The van der Waals surface area contributed by atoms with E-state index in [1.807, 2.05) is 6.79 Å². The summed E-state index contributed by atoms with van der Waals surface area (Å²) in [7, 11) is 0. The lowest BCUT2D eigenvalue weighted by molar-refractivity contribution is -0.0979. The van der Waals surface area contributed by atoms with Gasteiger partial charge >= 0.3 is 23.1 Å². The summed E-state index contributed by atoms with van der Waals surface area (Å²) in [4.78, 5) is 10.4. The van der Waals surface area contributed by atoms with Crippen molar-refractivity contribution >= 4 is 29.8 Å². The third kappa shape index (κ3) is 11.2. The van der Waals surface area contributed by atoms with Crippen LogP contribution in [0.15, 0.2) is 0 Å². The van der Waals surface area contributed by atoms with E-state index in [9.17, 15) is 0 Å². The maximum atomic E-state index is 8.00. The standard InChI is InChI=1S/C6H15N.CH2O.Mg.2H/c1-4-7(5-2)6-3;1-2;;;/h4-6H2,1-3H3;1H2;;;. The number of carbonyl (C=O) groups is 1. The van der Waals surface area contributed by atoms with E-state index < -0.39 is 0 Å². The van der Waals surface area contributed by atoms with E-state index in [-0.39, 0.29) is 23.1 Å². The van der Waals surface area contributed by atoms with Crippen molar-refractivity contribution in [2.75, 3.05) is 19.6 Å². The van der Waals surface area contributed by atoms with Gasteiger partial charge in [0.05, 0.1) is 0 Å². The quantitative estimate of drug-likeness (QED) is 0.548. The van der Waals surface area contributed by atoms with E-state index in [4.69, 9.17) is 4.79 Å². The van der Waals surface area contributed by atoms with Crippen LogP contribution in [0.4, 0.5) is 0 Å². The van der Waals surface area contributed by atoms with Gasteiger partial charge in [0.2, 0.25) is 0 Å². The van der Waals surface area contributed by atoms with E-state index >= 15 is 0 Å². The molecule has 0 aromatic rings. The number of rotatable bonds is 3. The minimum atomic E-state index is 0. The van der Waals surface area contributed by atoms with Gasteiger partial charge in [-0.25, -0.2) is 0 Å². The van der Waals surface area contributed by atoms with Crippen molar-refractivity contribution in [1.29, 1.82) is 0 Å². The molecule has 0 atom stereocenters. The van der Waals surface area contributed by atoms with E-state index in [1.54, 1.807) is 0 Å². The number of carbonyl (C=O) groups excluding carboxylic acids is 1. The molecule has 3 heteroatoms. The molecule has 0 radical (unpaired) electrons. The molecule has 0 spiro atoms. The van der Waals surface area contributed by atoms with Crippen molar-refractivity contribution in [2.24, 2.45) is 0 Å². The summed E-state index contributed by atoms with van der Waals surface area (Å²) in [6, 6.07) is 0. The summed E-state index contributed by atoms with van der Waals surface area (Å²) in [5.41, 5.74) is 0. The van der Waals surface area contributed by atoms with Crippen molar-refractivity contribution in [2.45, 2.75) is 20.8 Å². The summed E-state index contributed by atoms with van der Waals surface area (Å²) in [6.07, 6.45) is 0. The van der Waals surface area contributed by atoms with Crippen LogP contribution in [0.2, 0.25) is 0 Å². The average molecular weight is 158 g/mol. The highest BCUT2D eigenvalue weighted by Gasteiger charge is 1.89. The average Bonchev–Trinajstić information content (AvgIpc) is 1.96. The maximum Gasteiger partial charge on any atom is 0.316 e. The molecule has 0 unspecified atom stereocenters. The lowest BCUT2D eigenvalue weighted by atomic mass is 10.5. The van der Waals surface area contributed by atoms with Crippen molar-refractivity contribution in [1.82, 2.24) is 4.90 Å². The molecule has 0 saturated carbocycles. The van der Waals surface area contributed by atoms with Gasteiger partial charge in [-0.3, -0.25) is 0 Å². The van der Waals surface area contributed by atoms with Gasteiger partial charge in [0.25, 0.3) is 0 Å². The molecule has 2 nitrogen and oxygen atoms in total. The van der Waals surface area contributed by atoms with Gasteiger partial charge in [-0.15, -0.1) is 0 Å². The third-order valence-corrected chi connectivity index (χ3v) is 1.34. The highest BCUT2D eigenvalue weighted by Crippen LogP contribution is 1.81. The normalized spacial score (nSPS) is 7.60. The van der Waals surface area contributed by atoms with Crippen LogP contribution in [-0.4, -0.2) is 54.4 Å². The van der Waals surface area contributed by atoms with Crippen LogP contribution < -0.4 is 0 Å². The Morgan fingerprint density at radius 3 is 1.20 bits per heavy atom. The van der Waals surface area contributed by atoms with Gasteiger partial charge in [-0.2, -0.15) is 0 Å². The Morgan fingerprint density at radius 2 is 1.20 bits per heavy atom. The first-order valence-corrected chi connectivity index (χ1v) is 3.36. The number of hydrogen-bond acceptors (Lipinski definition) is 2. The topological polar surface area (TPSA) is 20.3 Å². The van der Waals surface area contributed by atoms with Crippen LogP contribution in [0.25, 0.3) is 0 Å². The van der Waals surface area contributed by atoms with E-state index in [2.05, 4.69) is 25.7 Å². The van der Waals surface area contributed by atoms with Crippen molar-refractivity contribution in [3.05, 3.63) is 0 Å². The molecule has 0 aromatic carbocycles. The van der Waals surface area contributed by atoms with Crippen molar-refractivity contribution < 1.29 is 4.79 Å². The minimum Gasteiger partial charge on any atom is -0.307 e. The van der Waals surface area contributed by atoms with Crippen molar-refractivity contribution in [3.63, 3.8) is 0 Å². The van der Waals surface area contributed by atoms with Gasteiger partial charge in [0, 0.05) is 0 Å². The van der Waals surface area contributed by atoms with Gasteiger partial charge in [-0.05, 0) is 19.6 Å². The molecule has 0 N–H and O–H groups in total. The Bertz CT molecular complexity index is 43.4. The minimum absolute atomic E-state index is 0.